The predicted octanol–water partition coefficient (Wildman–Crippen LogP) is 0.675. The summed E-state index contributed by atoms with van der Waals surface area (Å²) in [7, 11) is 0. The molecule has 1 aliphatic rings. The number of rotatable bonds is 3. The van der Waals surface area contributed by atoms with Gasteiger partial charge in [0.1, 0.15) is 0 Å². The topological polar surface area (TPSA) is 71.8 Å². The maximum atomic E-state index is 11.9. The lowest BCUT2D eigenvalue weighted by molar-refractivity contribution is 0.102. The van der Waals surface area contributed by atoms with Crippen LogP contribution in [0.5, 0.6) is 0 Å². The summed E-state index contributed by atoms with van der Waals surface area (Å²) in [5.74, 6) is -0.236. The van der Waals surface area contributed by atoms with Crippen LogP contribution in [0.15, 0.2) is 36.5 Å². The number of anilines is 1. The highest BCUT2D eigenvalue weighted by molar-refractivity contribution is 6.02. The van der Waals surface area contributed by atoms with E-state index in [2.05, 4.69) is 20.9 Å². The van der Waals surface area contributed by atoms with E-state index >= 15 is 0 Å². The van der Waals surface area contributed by atoms with Gasteiger partial charge < -0.3 is 10.6 Å². The maximum Gasteiger partial charge on any atom is 0.277 e. The van der Waals surface area contributed by atoms with E-state index < -0.39 is 0 Å². The van der Waals surface area contributed by atoms with Crippen LogP contribution in [0.1, 0.15) is 16.5 Å². The molecular weight excluding hydrogens is 230 g/mol. The first-order valence-corrected chi connectivity index (χ1v) is 5.82. The van der Waals surface area contributed by atoms with E-state index in [0.717, 1.165) is 18.8 Å². The first-order chi connectivity index (χ1) is 8.83. The molecule has 0 aliphatic carbocycles. The maximum absolute atomic E-state index is 11.9. The molecule has 1 amide bonds. The first kappa shape index (κ1) is 10.9. The Balaban J connectivity index is 1.70. The molecule has 0 saturated carbocycles. The van der Waals surface area contributed by atoms with Gasteiger partial charge in [0.25, 0.3) is 5.91 Å². The Labute approximate surface area is 104 Å². The fourth-order valence-corrected chi connectivity index (χ4v) is 1.74. The highest BCUT2D eigenvalue weighted by Gasteiger charge is 2.21. The number of carbonyl (C=O) groups is 1. The van der Waals surface area contributed by atoms with Crippen molar-refractivity contribution in [3.63, 3.8) is 0 Å². The largest absolute Gasteiger partial charge is 0.321 e. The summed E-state index contributed by atoms with van der Waals surface area (Å²) in [4.78, 5) is 11.9. The van der Waals surface area contributed by atoms with E-state index in [0.29, 0.717) is 11.7 Å². The van der Waals surface area contributed by atoms with Crippen molar-refractivity contribution in [1.82, 2.24) is 20.3 Å². The first-order valence-electron chi connectivity index (χ1n) is 5.82. The van der Waals surface area contributed by atoms with Gasteiger partial charge in [-0.2, -0.15) is 0 Å². The highest BCUT2D eigenvalue weighted by atomic mass is 16.2. The van der Waals surface area contributed by atoms with Crippen molar-refractivity contribution in [2.45, 2.75) is 6.04 Å². The summed E-state index contributed by atoms with van der Waals surface area (Å²) in [6, 6.07) is 9.61. The molecule has 0 bridgehead atoms. The molecule has 1 aliphatic heterocycles. The number of nitrogens with one attached hydrogen (secondary N) is 2. The second kappa shape index (κ2) is 4.58. The Morgan fingerprint density at radius 1 is 1.33 bits per heavy atom. The van der Waals surface area contributed by atoms with Gasteiger partial charge in [-0.3, -0.25) is 4.79 Å². The van der Waals surface area contributed by atoms with Crippen molar-refractivity contribution in [3.05, 3.63) is 42.2 Å². The lowest BCUT2D eigenvalue weighted by atomic mass is 10.2. The highest BCUT2D eigenvalue weighted by Crippen LogP contribution is 2.11. The second-order valence-electron chi connectivity index (χ2n) is 4.22. The number of hydrogen-bond acceptors (Lipinski definition) is 4. The second-order valence-corrected chi connectivity index (χ2v) is 4.22. The lowest BCUT2D eigenvalue weighted by Crippen LogP contribution is -2.43. The number of hydrogen-bond donors (Lipinski definition) is 2. The van der Waals surface area contributed by atoms with Gasteiger partial charge in [0, 0.05) is 18.8 Å². The van der Waals surface area contributed by atoms with Crippen LogP contribution in [0.4, 0.5) is 5.69 Å². The minimum atomic E-state index is -0.236. The SMILES string of the molecule is O=C(Nc1ccccc1)c1cn(C2CNC2)nn1. The van der Waals surface area contributed by atoms with Gasteiger partial charge in [-0.1, -0.05) is 23.4 Å². The third-order valence-corrected chi connectivity index (χ3v) is 2.91. The molecule has 1 aromatic carbocycles. The third kappa shape index (κ3) is 2.10. The monoisotopic (exact) mass is 243 g/mol. The molecule has 0 spiro atoms. The standard InChI is InChI=1S/C12H13N5O/c18-12(14-9-4-2-1-3-5-9)11-8-17(16-15-11)10-6-13-7-10/h1-5,8,10,13H,6-7H2,(H,14,18). The molecule has 92 valence electrons. The minimum Gasteiger partial charge on any atom is -0.321 e. The third-order valence-electron chi connectivity index (χ3n) is 2.91. The van der Waals surface area contributed by atoms with E-state index in [1.165, 1.54) is 0 Å². The van der Waals surface area contributed by atoms with Gasteiger partial charge >= 0.3 is 0 Å². The molecule has 0 unspecified atom stereocenters. The summed E-state index contributed by atoms with van der Waals surface area (Å²) in [5, 5.41) is 13.8. The van der Waals surface area contributed by atoms with Crippen LogP contribution in [-0.4, -0.2) is 34.0 Å². The quantitative estimate of drug-likeness (QED) is 0.831. The molecule has 1 aromatic heterocycles. The zero-order valence-corrected chi connectivity index (χ0v) is 9.71. The molecule has 0 atom stereocenters. The van der Waals surface area contributed by atoms with Crippen LogP contribution in [0, 0.1) is 0 Å². The van der Waals surface area contributed by atoms with Gasteiger partial charge in [-0.05, 0) is 12.1 Å². The van der Waals surface area contributed by atoms with Crippen molar-refractivity contribution in [2.24, 2.45) is 0 Å². The van der Waals surface area contributed by atoms with Crippen LogP contribution >= 0.6 is 0 Å². The Bertz CT molecular complexity index is 547. The molecule has 2 heterocycles. The molecule has 0 radical (unpaired) electrons. The van der Waals surface area contributed by atoms with E-state index in [1.54, 1.807) is 10.9 Å². The average Bonchev–Trinajstić information content (AvgIpc) is 2.77. The molecule has 3 rings (SSSR count). The van der Waals surface area contributed by atoms with Gasteiger partial charge in [0.2, 0.25) is 0 Å². The lowest BCUT2D eigenvalue weighted by Gasteiger charge is -2.26. The molecule has 2 aromatic rings. The Morgan fingerprint density at radius 2 is 2.11 bits per heavy atom. The molecular formula is C12H13N5O. The number of nitrogens with zero attached hydrogens (tertiary/aromatic N) is 3. The molecule has 6 nitrogen and oxygen atoms in total. The molecule has 1 saturated heterocycles. The summed E-state index contributed by atoms with van der Waals surface area (Å²) in [6.45, 7) is 1.76. The van der Waals surface area contributed by atoms with Crippen molar-refractivity contribution >= 4 is 11.6 Å². The smallest absolute Gasteiger partial charge is 0.277 e. The zero-order valence-electron chi connectivity index (χ0n) is 9.71. The molecule has 18 heavy (non-hydrogen) atoms. The predicted molar refractivity (Wildman–Crippen MR) is 66.3 cm³/mol. The number of para-hydroxylation sites is 1. The minimum absolute atomic E-state index is 0.236. The van der Waals surface area contributed by atoms with Gasteiger partial charge in [-0.25, -0.2) is 4.68 Å². The van der Waals surface area contributed by atoms with Crippen molar-refractivity contribution in [2.75, 3.05) is 18.4 Å². The van der Waals surface area contributed by atoms with Crippen LogP contribution in [-0.2, 0) is 0 Å². The number of carbonyl (C=O) groups excluding carboxylic acids is 1. The van der Waals surface area contributed by atoms with Crippen LogP contribution in [0.3, 0.4) is 0 Å². The van der Waals surface area contributed by atoms with Crippen molar-refractivity contribution in [3.8, 4) is 0 Å². The fourth-order valence-electron chi connectivity index (χ4n) is 1.74. The van der Waals surface area contributed by atoms with Gasteiger partial charge in [0.05, 0.1) is 12.2 Å². The van der Waals surface area contributed by atoms with E-state index in [-0.39, 0.29) is 5.91 Å². The van der Waals surface area contributed by atoms with E-state index in [4.69, 9.17) is 0 Å². The average molecular weight is 243 g/mol. The van der Waals surface area contributed by atoms with Gasteiger partial charge in [-0.15, -0.1) is 5.10 Å². The Hall–Kier alpha value is -2.21. The molecule has 1 fully saturated rings. The van der Waals surface area contributed by atoms with E-state index in [1.807, 2.05) is 30.3 Å². The molecule has 6 heteroatoms. The normalized spacial score (nSPS) is 15.1. The summed E-state index contributed by atoms with van der Waals surface area (Å²) in [6.07, 6.45) is 1.68. The van der Waals surface area contributed by atoms with Crippen LogP contribution in [0.2, 0.25) is 0 Å². The summed E-state index contributed by atoms with van der Waals surface area (Å²) in [5.41, 5.74) is 1.09. The number of aromatic nitrogens is 3. The zero-order chi connectivity index (χ0) is 12.4. The van der Waals surface area contributed by atoms with Crippen LogP contribution in [0.25, 0.3) is 0 Å². The molecule has 2 N–H and O–H groups in total. The summed E-state index contributed by atoms with van der Waals surface area (Å²) < 4.78 is 1.73. The number of amides is 1. The number of benzene rings is 1. The summed E-state index contributed by atoms with van der Waals surface area (Å²) >= 11 is 0. The fraction of sp³-hybridized carbons (Fsp3) is 0.250. The van der Waals surface area contributed by atoms with Gasteiger partial charge in [0.15, 0.2) is 5.69 Å². The van der Waals surface area contributed by atoms with E-state index in [9.17, 15) is 4.79 Å². The van der Waals surface area contributed by atoms with Crippen molar-refractivity contribution < 1.29 is 4.79 Å². The van der Waals surface area contributed by atoms with Crippen LogP contribution < -0.4 is 10.6 Å². The Morgan fingerprint density at radius 3 is 2.78 bits per heavy atom. The van der Waals surface area contributed by atoms with Crippen molar-refractivity contribution in [1.29, 1.82) is 0 Å². The Kier molecular flexibility index (Phi) is 2.77.